The summed E-state index contributed by atoms with van der Waals surface area (Å²) in [4.78, 5) is 11.7. The summed E-state index contributed by atoms with van der Waals surface area (Å²) in [6.07, 6.45) is 1.47. The average molecular weight is 289 g/mol. The van der Waals surface area contributed by atoms with Crippen LogP contribution in [0.3, 0.4) is 0 Å². The SMILES string of the molecule is CCC(C)NCCC(=O)Nc1ccc(Cl)cc1Cl. The molecule has 0 saturated carbocycles. The first-order valence-electron chi connectivity index (χ1n) is 6.01. The van der Waals surface area contributed by atoms with Crippen LogP contribution in [0.25, 0.3) is 0 Å². The molecule has 0 radical (unpaired) electrons. The van der Waals surface area contributed by atoms with Crippen LogP contribution in [0.15, 0.2) is 18.2 Å². The summed E-state index contributed by atoms with van der Waals surface area (Å²) in [5, 5.41) is 7.02. The number of carbonyl (C=O) groups excluding carboxylic acids is 1. The molecule has 1 unspecified atom stereocenters. The minimum absolute atomic E-state index is 0.0602. The van der Waals surface area contributed by atoms with Crippen molar-refractivity contribution in [2.24, 2.45) is 0 Å². The maximum atomic E-state index is 11.7. The summed E-state index contributed by atoms with van der Waals surface area (Å²) >= 11 is 11.7. The first kappa shape index (κ1) is 15.3. The fourth-order valence-electron chi connectivity index (χ4n) is 1.38. The minimum atomic E-state index is -0.0602. The number of hydrogen-bond donors (Lipinski definition) is 2. The van der Waals surface area contributed by atoms with Gasteiger partial charge in [0.15, 0.2) is 0 Å². The van der Waals surface area contributed by atoms with Gasteiger partial charge in [-0.25, -0.2) is 0 Å². The largest absolute Gasteiger partial charge is 0.325 e. The third-order valence-corrected chi connectivity index (χ3v) is 3.21. The lowest BCUT2D eigenvalue weighted by atomic mass is 10.2. The van der Waals surface area contributed by atoms with E-state index in [0.29, 0.717) is 34.7 Å². The highest BCUT2D eigenvalue weighted by atomic mass is 35.5. The van der Waals surface area contributed by atoms with Crippen LogP contribution < -0.4 is 10.6 Å². The van der Waals surface area contributed by atoms with E-state index in [-0.39, 0.29) is 5.91 Å². The second kappa shape index (κ2) is 7.62. The lowest BCUT2D eigenvalue weighted by molar-refractivity contribution is -0.116. The zero-order chi connectivity index (χ0) is 13.5. The summed E-state index contributed by atoms with van der Waals surface area (Å²) in [7, 11) is 0. The number of rotatable bonds is 6. The van der Waals surface area contributed by atoms with E-state index in [1.807, 2.05) is 0 Å². The normalized spacial score (nSPS) is 12.2. The van der Waals surface area contributed by atoms with Crippen molar-refractivity contribution in [2.75, 3.05) is 11.9 Å². The van der Waals surface area contributed by atoms with E-state index in [4.69, 9.17) is 23.2 Å². The van der Waals surface area contributed by atoms with Gasteiger partial charge in [-0.1, -0.05) is 30.1 Å². The van der Waals surface area contributed by atoms with Crippen molar-refractivity contribution in [2.45, 2.75) is 32.7 Å². The summed E-state index contributed by atoms with van der Waals surface area (Å²) in [6, 6.07) is 5.43. The van der Waals surface area contributed by atoms with Crippen molar-refractivity contribution >= 4 is 34.8 Å². The van der Waals surface area contributed by atoms with Crippen LogP contribution in [0.1, 0.15) is 26.7 Å². The van der Waals surface area contributed by atoms with Crippen LogP contribution in [0.2, 0.25) is 10.0 Å². The number of benzene rings is 1. The predicted octanol–water partition coefficient (Wildman–Crippen LogP) is 3.71. The van der Waals surface area contributed by atoms with Gasteiger partial charge in [-0.3, -0.25) is 4.79 Å². The second-order valence-corrected chi connectivity index (χ2v) is 5.03. The highest BCUT2D eigenvalue weighted by molar-refractivity contribution is 6.36. The fourth-order valence-corrected chi connectivity index (χ4v) is 1.84. The van der Waals surface area contributed by atoms with Gasteiger partial charge in [0.25, 0.3) is 0 Å². The molecule has 0 saturated heterocycles. The second-order valence-electron chi connectivity index (χ2n) is 4.19. The lowest BCUT2D eigenvalue weighted by Crippen LogP contribution is -2.28. The Morgan fingerprint density at radius 3 is 2.72 bits per heavy atom. The standard InChI is InChI=1S/C13H18Cl2N2O/c1-3-9(2)16-7-6-13(18)17-12-5-4-10(14)8-11(12)15/h4-5,8-9,16H,3,6-7H2,1-2H3,(H,17,18). The van der Waals surface area contributed by atoms with Gasteiger partial charge in [0.1, 0.15) is 0 Å². The molecule has 0 aliphatic heterocycles. The van der Waals surface area contributed by atoms with Crippen molar-refractivity contribution in [1.29, 1.82) is 0 Å². The molecule has 1 atom stereocenters. The van der Waals surface area contributed by atoms with Crippen LogP contribution in [0, 0.1) is 0 Å². The van der Waals surface area contributed by atoms with Crippen LogP contribution in [0.5, 0.6) is 0 Å². The lowest BCUT2D eigenvalue weighted by Gasteiger charge is -2.11. The maximum absolute atomic E-state index is 11.7. The zero-order valence-electron chi connectivity index (χ0n) is 10.6. The van der Waals surface area contributed by atoms with Crippen molar-refractivity contribution in [3.8, 4) is 0 Å². The van der Waals surface area contributed by atoms with Crippen LogP contribution in [-0.2, 0) is 4.79 Å². The van der Waals surface area contributed by atoms with Crippen molar-refractivity contribution in [1.82, 2.24) is 5.32 Å². The molecule has 0 aliphatic rings. The molecule has 0 aromatic heterocycles. The van der Waals surface area contributed by atoms with Gasteiger partial charge in [-0.05, 0) is 31.5 Å². The molecule has 5 heteroatoms. The number of halogens is 2. The zero-order valence-corrected chi connectivity index (χ0v) is 12.1. The molecule has 1 rings (SSSR count). The van der Waals surface area contributed by atoms with Gasteiger partial charge in [0.2, 0.25) is 5.91 Å². The summed E-state index contributed by atoms with van der Waals surface area (Å²) < 4.78 is 0. The Labute approximate surface area is 118 Å². The summed E-state index contributed by atoms with van der Waals surface area (Å²) in [6.45, 7) is 4.85. The molecule has 1 aromatic rings. The average Bonchev–Trinajstić information content (AvgIpc) is 2.32. The maximum Gasteiger partial charge on any atom is 0.225 e. The Hall–Kier alpha value is -0.770. The molecular weight excluding hydrogens is 271 g/mol. The van der Waals surface area contributed by atoms with Gasteiger partial charge in [0.05, 0.1) is 10.7 Å². The van der Waals surface area contributed by atoms with E-state index in [1.54, 1.807) is 18.2 Å². The molecule has 1 amide bonds. The van der Waals surface area contributed by atoms with Crippen LogP contribution >= 0.6 is 23.2 Å². The third-order valence-electron chi connectivity index (χ3n) is 2.66. The Kier molecular flexibility index (Phi) is 6.47. The van der Waals surface area contributed by atoms with E-state index < -0.39 is 0 Å². The third kappa shape index (κ3) is 5.25. The number of amides is 1. The van der Waals surface area contributed by atoms with Crippen LogP contribution in [-0.4, -0.2) is 18.5 Å². The molecule has 0 heterocycles. The van der Waals surface area contributed by atoms with Gasteiger partial charge in [-0.2, -0.15) is 0 Å². The fraction of sp³-hybridized carbons (Fsp3) is 0.462. The van der Waals surface area contributed by atoms with E-state index in [0.717, 1.165) is 6.42 Å². The number of carbonyl (C=O) groups is 1. The topological polar surface area (TPSA) is 41.1 Å². The molecule has 0 fully saturated rings. The Balaban J connectivity index is 2.40. The quantitative estimate of drug-likeness (QED) is 0.838. The highest BCUT2D eigenvalue weighted by Crippen LogP contribution is 2.25. The van der Waals surface area contributed by atoms with E-state index in [2.05, 4.69) is 24.5 Å². The van der Waals surface area contributed by atoms with Crippen molar-refractivity contribution in [3.05, 3.63) is 28.2 Å². The van der Waals surface area contributed by atoms with Gasteiger partial charge in [0, 0.05) is 24.0 Å². The molecule has 100 valence electrons. The summed E-state index contributed by atoms with van der Waals surface area (Å²) in [5.41, 5.74) is 0.592. The van der Waals surface area contributed by atoms with Gasteiger partial charge >= 0.3 is 0 Å². The molecule has 3 nitrogen and oxygen atoms in total. The molecule has 0 bridgehead atoms. The number of anilines is 1. The minimum Gasteiger partial charge on any atom is -0.325 e. The van der Waals surface area contributed by atoms with Gasteiger partial charge in [-0.15, -0.1) is 0 Å². The van der Waals surface area contributed by atoms with Crippen molar-refractivity contribution in [3.63, 3.8) is 0 Å². The first-order chi connectivity index (χ1) is 8.52. The first-order valence-corrected chi connectivity index (χ1v) is 6.76. The van der Waals surface area contributed by atoms with Crippen molar-refractivity contribution < 1.29 is 4.79 Å². The summed E-state index contributed by atoms with van der Waals surface area (Å²) in [5.74, 6) is -0.0602. The monoisotopic (exact) mass is 288 g/mol. The Morgan fingerprint density at radius 1 is 1.39 bits per heavy atom. The van der Waals surface area contributed by atoms with Crippen LogP contribution in [0.4, 0.5) is 5.69 Å². The Bertz CT molecular complexity index is 410. The van der Waals surface area contributed by atoms with E-state index in [9.17, 15) is 4.79 Å². The molecule has 0 spiro atoms. The van der Waals surface area contributed by atoms with E-state index in [1.165, 1.54) is 0 Å². The van der Waals surface area contributed by atoms with Gasteiger partial charge < -0.3 is 10.6 Å². The molecule has 18 heavy (non-hydrogen) atoms. The number of nitrogens with one attached hydrogen (secondary N) is 2. The highest BCUT2D eigenvalue weighted by Gasteiger charge is 2.06. The molecule has 1 aromatic carbocycles. The predicted molar refractivity (Wildman–Crippen MR) is 77.5 cm³/mol. The molecule has 0 aliphatic carbocycles. The van der Waals surface area contributed by atoms with E-state index >= 15 is 0 Å². The number of hydrogen-bond acceptors (Lipinski definition) is 2. The molecular formula is C13H18Cl2N2O. The smallest absolute Gasteiger partial charge is 0.225 e. The molecule has 2 N–H and O–H groups in total. The Morgan fingerprint density at radius 2 is 2.11 bits per heavy atom.